The summed E-state index contributed by atoms with van der Waals surface area (Å²) in [5, 5.41) is 14.7. The normalized spacial score (nSPS) is 18.8. The second-order valence-electron chi connectivity index (χ2n) is 4.55. The van der Waals surface area contributed by atoms with Crippen molar-refractivity contribution in [3.63, 3.8) is 0 Å². The molecule has 2 rings (SSSR count). The second kappa shape index (κ2) is 6.65. The highest BCUT2D eigenvalue weighted by molar-refractivity contribution is 7.17. The van der Waals surface area contributed by atoms with E-state index in [4.69, 9.17) is 0 Å². The number of nitrogens with one attached hydrogen (secondary N) is 2. The smallest absolute Gasteiger partial charge is 0.285 e. The molecule has 110 valence electrons. The number of hydrogen-bond donors (Lipinski definition) is 2. The molecule has 0 bridgehead atoms. The predicted molar refractivity (Wildman–Crippen MR) is 76.8 cm³/mol. The van der Waals surface area contributed by atoms with Crippen LogP contribution >= 0.6 is 11.3 Å². The third-order valence-electron chi connectivity index (χ3n) is 3.11. The Morgan fingerprint density at radius 2 is 2.30 bits per heavy atom. The molecule has 2 N–H and O–H groups in total. The van der Waals surface area contributed by atoms with Gasteiger partial charge in [0.25, 0.3) is 5.91 Å². The molecule has 1 aromatic heterocycles. The Morgan fingerprint density at radius 1 is 1.50 bits per heavy atom. The molecule has 1 aliphatic heterocycles. The summed E-state index contributed by atoms with van der Waals surface area (Å²) in [6, 6.07) is -0.410. The number of rotatable bonds is 5. The summed E-state index contributed by atoms with van der Waals surface area (Å²) in [5.74, 6) is -0.310. The molecule has 1 aliphatic rings. The zero-order chi connectivity index (χ0) is 14.5. The molecule has 1 atom stereocenters. The Bertz CT molecular complexity index is 490. The zero-order valence-electron chi connectivity index (χ0n) is 11.7. The van der Waals surface area contributed by atoms with Gasteiger partial charge in [0.1, 0.15) is 6.04 Å². The van der Waals surface area contributed by atoms with Crippen molar-refractivity contribution < 1.29 is 9.59 Å². The lowest BCUT2D eigenvalue weighted by Gasteiger charge is -2.33. The fraction of sp³-hybridized carbons (Fsp3) is 0.667. The molecule has 0 aliphatic carbocycles. The Hall–Kier alpha value is -1.70. The first-order valence-electron chi connectivity index (χ1n) is 6.83. The first-order chi connectivity index (χ1) is 9.67. The SMILES string of the molecule is CCCNc1nnc(C(=O)N2CCNC(=O)C2CC)s1. The molecule has 0 saturated carbocycles. The van der Waals surface area contributed by atoms with Gasteiger partial charge in [-0.25, -0.2) is 0 Å². The van der Waals surface area contributed by atoms with E-state index in [1.54, 1.807) is 4.90 Å². The zero-order valence-corrected chi connectivity index (χ0v) is 12.5. The van der Waals surface area contributed by atoms with Crippen LogP contribution in [0.3, 0.4) is 0 Å². The van der Waals surface area contributed by atoms with Crippen LogP contribution in [0.1, 0.15) is 36.5 Å². The quantitative estimate of drug-likeness (QED) is 0.836. The third-order valence-corrected chi connectivity index (χ3v) is 3.98. The molecular weight excluding hydrogens is 278 g/mol. The molecule has 1 unspecified atom stereocenters. The number of hydrogen-bond acceptors (Lipinski definition) is 6. The van der Waals surface area contributed by atoms with Crippen molar-refractivity contribution in [3.05, 3.63) is 5.01 Å². The average molecular weight is 297 g/mol. The van der Waals surface area contributed by atoms with Crippen LogP contribution in [-0.4, -0.2) is 52.6 Å². The number of amides is 2. The van der Waals surface area contributed by atoms with E-state index in [1.807, 2.05) is 6.92 Å². The minimum Gasteiger partial charge on any atom is -0.360 e. The molecule has 8 heteroatoms. The van der Waals surface area contributed by atoms with Crippen molar-refractivity contribution >= 4 is 28.3 Å². The van der Waals surface area contributed by atoms with E-state index in [1.165, 1.54) is 11.3 Å². The first-order valence-corrected chi connectivity index (χ1v) is 7.65. The molecule has 2 heterocycles. The van der Waals surface area contributed by atoms with E-state index in [2.05, 4.69) is 27.8 Å². The summed E-state index contributed by atoms with van der Waals surface area (Å²) < 4.78 is 0. The fourth-order valence-electron chi connectivity index (χ4n) is 2.10. The summed E-state index contributed by atoms with van der Waals surface area (Å²) in [5.41, 5.74) is 0. The molecule has 2 amide bonds. The minimum atomic E-state index is -0.410. The van der Waals surface area contributed by atoms with Crippen LogP contribution in [0.5, 0.6) is 0 Å². The number of piperazine rings is 1. The van der Waals surface area contributed by atoms with Crippen LogP contribution in [0, 0.1) is 0 Å². The lowest BCUT2D eigenvalue weighted by Crippen LogP contribution is -2.56. The molecule has 0 aromatic carbocycles. The lowest BCUT2D eigenvalue weighted by atomic mass is 10.1. The molecule has 0 radical (unpaired) electrons. The molecule has 1 fully saturated rings. The number of nitrogens with zero attached hydrogens (tertiary/aromatic N) is 3. The van der Waals surface area contributed by atoms with Gasteiger partial charge in [-0.05, 0) is 12.8 Å². The summed E-state index contributed by atoms with van der Waals surface area (Å²) in [6.45, 7) is 5.75. The molecule has 20 heavy (non-hydrogen) atoms. The number of carbonyl (C=O) groups is 2. The average Bonchev–Trinajstić information content (AvgIpc) is 2.92. The lowest BCUT2D eigenvalue weighted by molar-refractivity contribution is -0.127. The topological polar surface area (TPSA) is 87.2 Å². The van der Waals surface area contributed by atoms with Crippen LogP contribution in [0.4, 0.5) is 5.13 Å². The standard InChI is InChI=1S/C12H19N5O2S/c1-3-5-14-12-16-15-10(20-12)11(19)17-7-6-13-9(18)8(17)4-2/h8H,3-7H2,1-2H3,(H,13,18)(H,14,16). The Kier molecular flexibility index (Phi) is 4.89. The summed E-state index contributed by atoms with van der Waals surface area (Å²) in [4.78, 5) is 25.8. The molecule has 1 aromatic rings. The van der Waals surface area contributed by atoms with Crippen molar-refractivity contribution in [2.24, 2.45) is 0 Å². The Morgan fingerprint density at radius 3 is 3.00 bits per heavy atom. The van der Waals surface area contributed by atoms with Gasteiger partial charge in [-0.2, -0.15) is 0 Å². The highest BCUT2D eigenvalue weighted by Gasteiger charge is 2.33. The minimum absolute atomic E-state index is 0.0963. The Labute approximate surface area is 121 Å². The Balaban J connectivity index is 2.09. The van der Waals surface area contributed by atoms with E-state index in [9.17, 15) is 9.59 Å². The van der Waals surface area contributed by atoms with Gasteiger partial charge < -0.3 is 15.5 Å². The van der Waals surface area contributed by atoms with Crippen LogP contribution in [0.25, 0.3) is 0 Å². The summed E-state index contributed by atoms with van der Waals surface area (Å²) >= 11 is 1.23. The van der Waals surface area contributed by atoms with Crippen LogP contribution in [0.2, 0.25) is 0 Å². The van der Waals surface area contributed by atoms with Gasteiger partial charge in [-0.1, -0.05) is 25.2 Å². The van der Waals surface area contributed by atoms with Gasteiger partial charge in [-0.3, -0.25) is 9.59 Å². The maximum atomic E-state index is 12.4. The van der Waals surface area contributed by atoms with Crippen LogP contribution in [0.15, 0.2) is 0 Å². The van der Waals surface area contributed by atoms with E-state index in [-0.39, 0.29) is 11.8 Å². The third kappa shape index (κ3) is 3.06. The van der Waals surface area contributed by atoms with Gasteiger partial charge in [0.05, 0.1) is 0 Å². The summed E-state index contributed by atoms with van der Waals surface area (Å²) in [7, 11) is 0. The summed E-state index contributed by atoms with van der Waals surface area (Å²) in [6.07, 6.45) is 1.57. The molecule has 0 spiro atoms. The van der Waals surface area contributed by atoms with Crippen molar-refractivity contribution in [2.75, 3.05) is 25.0 Å². The van der Waals surface area contributed by atoms with Crippen molar-refractivity contribution in [2.45, 2.75) is 32.7 Å². The van der Waals surface area contributed by atoms with Crippen molar-refractivity contribution in [1.82, 2.24) is 20.4 Å². The second-order valence-corrected chi connectivity index (χ2v) is 5.53. The van der Waals surface area contributed by atoms with Gasteiger partial charge >= 0.3 is 0 Å². The van der Waals surface area contributed by atoms with Crippen molar-refractivity contribution in [3.8, 4) is 0 Å². The van der Waals surface area contributed by atoms with E-state index in [0.29, 0.717) is 29.6 Å². The number of aromatic nitrogens is 2. The molecule has 1 saturated heterocycles. The highest BCUT2D eigenvalue weighted by atomic mass is 32.1. The van der Waals surface area contributed by atoms with Gasteiger partial charge in [-0.15, -0.1) is 10.2 Å². The van der Waals surface area contributed by atoms with Gasteiger partial charge in [0.2, 0.25) is 16.0 Å². The van der Waals surface area contributed by atoms with Gasteiger partial charge in [0, 0.05) is 19.6 Å². The van der Waals surface area contributed by atoms with Gasteiger partial charge in [0.15, 0.2) is 0 Å². The molecule has 7 nitrogen and oxygen atoms in total. The van der Waals surface area contributed by atoms with E-state index < -0.39 is 6.04 Å². The first kappa shape index (κ1) is 14.7. The predicted octanol–water partition coefficient (Wildman–Crippen LogP) is 0.711. The van der Waals surface area contributed by atoms with Crippen LogP contribution in [-0.2, 0) is 4.79 Å². The van der Waals surface area contributed by atoms with E-state index >= 15 is 0 Å². The maximum absolute atomic E-state index is 12.4. The number of carbonyl (C=O) groups excluding carboxylic acids is 2. The largest absolute Gasteiger partial charge is 0.360 e. The van der Waals surface area contributed by atoms with E-state index in [0.717, 1.165) is 13.0 Å². The maximum Gasteiger partial charge on any atom is 0.285 e. The monoisotopic (exact) mass is 297 g/mol. The van der Waals surface area contributed by atoms with Crippen LogP contribution < -0.4 is 10.6 Å². The molecular formula is C12H19N5O2S. The number of anilines is 1. The highest BCUT2D eigenvalue weighted by Crippen LogP contribution is 2.19. The fourth-order valence-corrected chi connectivity index (χ4v) is 2.82. The van der Waals surface area contributed by atoms with Crippen molar-refractivity contribution in [1.29, 1.82) is 0 Å².